The second kappa shape index (κ2) is 9.92. The smallest absolute Gasteiger partial charge is 0.252 e. The average Bonchev–Trinajstić information content (AvgIpc) is 2.78. The molecule has 1 N–H and O–H groups in total. The Morgan fingerprint density at radius 3 is 2.41 bits per heavy atom. The minimum atomic E-state index is -3.64. The lowest BCUT2D eigenvalue weighted by Crippen LogP contribution is -2.38. The zero-order valence-electron chi connectivity index (χ0n) is 19.3. The molecule has 1 heterocycles. The number of amides is 1. The van der Waals surface area contributed by atoms with E-state index in [2.05, 4.69) is 12.2 Å². The van der Waals surface area contributed by atoms with Gasteiger partial charge in [-0.15, -0.1) is 0 Å². The lowest BCUT2D eigenvalue weighted by molar-refractivity contribution is 0.0938. The maximum absolute atomic E-state index is 13.1. The summed E-state index contributed by atoms with van der Waals surface area (Å²) in [5.41, 5.74) is 1.81. The molecule has 2 aromatic carbocycles. The summed E-state index contributed by atoms with van der Waals surface area (Å²) in [7, 11) is -0.496. The summed E-state index contributed by atoms with van der Waals surface area (Å²) in [6.07, 6.45) is 1.69. The number of piperidine rings is 1. The van der Waals surface area contributed by atoms with Gasteiger partial charge in [0.05, 0.1) is 25.2 Å². The van der Waals surface area contributed by atoms with Gasteiger partial charge in [0.1, 0.15) is 11.5 Å². The van der Waals surface area contributed by atoms with Crippen molar-refractivity contribution in [2.24, 2.45) is 5.92 Å². The average molecular weight is 461 g/mol. The van der Waals surface area contributed by atoms with Gasteiger partial charge in [-0.1, -0.05) is 13.0 Å². The summed E-state index contributed by atoms with van der Waals surface area (Å²) in [5, 5.41) is 2.96. The van der Waals surface area contributed by atoms with Crippen LogP contribution in [0.2, 0.25) is 0 Å². The molecule has 0 aliphatic carbocycles. The van der Waals surface area contributed by atoms with E-state index in [4.69, 9.17) is 9.47 Å². The summed E-state index contributed by atoms with van der Waals surface area (Å²) in [6, 6.07) is 9.75. The van der Waals surface area contributed by atoms with Crippen LogP contribution < -0.4 is 14.8 Å². The predicted molar refractivity (Wildman–Crippen MR) is 124 cm³/mol. The third-order valence-corrected chi connectivity index (χ3v) is 7.98. The Kier molecular flexibility index (Phi) is 7.46. The Hall–Kier alpha value is -2.58. The van der Waals surface area contributed by atoms with Crippen LogP contribution in [0.3, 0.4) is 0 Å². The number of carbonyl (C=O) groups is 1. The highest BCUT2D eigenvalue weighted by atomic mass is 32.2. The number of rotatable bonds is 7. The molecule has 1 amide bonds. The zero-order valence-corrected chi connectivity index (χ0v) is 20.2. The summed E-state index contributed by atoms with van der Waals surface area (Å²) < 4.78 is 38.5. The van der Waals surface area contributed by atoms with Crippen molar-refractivity contribution in [3.05, 3.63) is 53.1 Å². The van der Waals surface area contributed by atoms with Crippen LogP contribution in [0.5, 0.6) is 11.5 Å². The highest BCUT2D eigenvalue weighted by Crippen LogP contribution is 2.30. The van der Waals surface area contributed by atoms with Gasteiger partial charge in [0.25, 0.3) is 5.91 Å². The van der Waals surface area contributed by atoms with Crippen molar-refractivity contribution >= 4 is 15.9 Å². The first kappa shape index (κ1) is 24.1. The molecule has 3 rings (SSSR count). The van der Waals surface area contributed by atoms with Gasteiger partial charge in [-0.3, -0.25) is 4.79 Å². The van der Waals surface area contributed by atoms with Crippen LogP contribution >= 0.6 is 0 Å². The quantitative estimate of drug-likeness (QED) is 0.677. The van der Waals surface area contributed by atoms with Gasteiger partial charge in [0, 0.05) is 24.2 Å². The minimum Gasteiger partial charge on any atom is -0.497 e. The highest BCUT2D eigenvalue weighted by Gasteiger charge is 2.29. The highest BCUT2D eigenvalue weighted by molar-refractivity contribution is 7.89. The molecule has 1 saturated heterocycles. The monoisotopic (exact) mass is 460 g/mol. The van der Waals surface area contributed by atoms with Gasteiger partial charge in [-0.25, -0.2) is 8.42 Å². The van der Waals surface area contributed by atoms with Gasteiger partial charge in [0.2, 0.25) is 10.0 Å². The van der Waals surface area contributed by atoms with E-state index in [1.807, 2.05) is 13.0 Å². The van der Waals surface area contributed by atoms with Crippen LogP contribution in [0, 0.1) is 12.8 Å². The Morgan fingerprint density at radius 2 is 1.78 bits per heavy atom. The van der Waals surface area contributed by atoms with Gasteiger partial charge >= 0.3 is 0 Å². The number of hydrogen-bond acceptors (Lipinski definition) is 5. The number of benzene rings is 2. The summed E-state index contributed by atoms with van der Waals surface area (Å²) in [5.74, 6) is 1.47. The van der Waals surface area contributed by atoms with Crippen molar-refractivity contribution in [1.82, 2.24) is 9.62 Å². The maximum atomic E-state index is 13.1. The molecule has 0 saturated carbocycles. The molecular formula is C24H32N2O5S. The van der Waals surface area contributed by atoms with Crippen LogP contribution in [0.15, 0.2) is 41.3 Å². The van der Waals surface area contributed by atoms with Crippen LogP contribution in [0.1, 0.15) is 54.2 Å². The Labute approximate surface area is 190 Å². The SMILES string of the molecule is COc1ccc(OC)c([C@H](C)NC(=O)c2cc(S(=O)(=O)N3CCC(C)CC3)ccc2C)c1. The lowest BCUT2D eigenvalue weighted by Gasteiger charge is -2.29. The Bertz CT molecular complexity index is 1080. The van der Waals surface area contributed by atoms with E-state index in [-0.39, 0.29) is 16.8 Å². The first-order chi connectivity index (χ1) is 15.2. The molecule has 174 valence electrons. The summed E-state index contributed by atoms with van der Waals surface area (Å²) in [4.78, 5) is 13.3. The third kappa shape index (κ3) is 5.07. The Balaban J connectivity index is 1.85. The number of sulfonamides is 1. The second-order valence-electron chi connectivity index (χ2n) is 8.37. The molecule has 2 aromatic rings. The largest absolute Gasteiger partial charge is 0.497 e. The van der Waals surface area contributed by atoms with E-state index >= 15 is 0 Å². The fourth-order valence-corrected chi connectivity index (χ4v) is 5.41. The van der Waals surface area contributed by atoms with E-state index in [0.717, 1.165) is 18.4 Å². The molecule has 1 aliphatic heterocycles. The lowest BCUT2D eigenvalue weighted by atomic mass is 10.0. The first-order valence-electron chi connectivity index (χ1n) is 10.8. The van der Waals surface area contributed by atoms with Crippen LogP contribution in [-0.4, -0.2) is 45.9 Å². The van der Waals surface area contributed by atoms with Gasteiger partial charge in [-0.2, -0.15) is 4.31 Å². The van der Waals surface area contributed by atoms with E-state index in [1.54, 1.807) is 45.4 Å². The van der Waals surface area contributed by atoms with Gasteiger partial charge in [-0.05, 0) is 68.5 Å². The van der Waals surface area contributed by atoms with Crippen LogP contribution in [0.4, 0.5) is 0 Å². The molecule has 32 heavy (non-hydrogen) atoms. The molecule has 0 aromatic heterocycles. The van der Waals surface area contributed by atoms with E-state index in [0.29, 0.717) is 41.6 Å². The summed E-state index contributed by atoms with van der Waals surface area (Å²) in [6.45, 7) is 6.79. The molecule has 0 radical (unpaired) electrons. The fourth-order valence-electron chi connectivity index (χ4n) is 3.91. The number of aryl methyl sites for hydroxylation is 1. The molecule has 1 atom stereocenters. The van der Waals surface area contributed by atoms with Crippen molar-refractivity contribution < 1.29 is 22.7 Å². The van der Waals surface area contributed by atoms with E-state index in [1.165, 1.54) is 10.4 Å². The van der Waals surface area contributed by atoms with Gasteiger partial charge < -0.3 is 14.8 Å². The van der Waals surface area contributed by atoms with Crippen molar-refractivity contribution in [3.8, 4) is 11.5 Å². The number of nitrogens with one attached hydrogen (secondary N) is 1. The molecule has 0 bridgehead atoms. The number of methoxy groups -OCH3 is 2. The molecule has 0 spiro atoms. The van der Waals surface area contributed by atoms with Crippen molar-refractivity contribution in [1.29, 1.82) is 0 Å². The fraction of sp³-hybridized carbons (Fsp3) is 0.458. The molecular weight excluding hydrogens is 428 g/mol. The molecule has 7 nitrogen and oxygen atoms in total. The third-order valence-electron chi connectivity index (χ3n) is 6.09. The topological polar surface area (TPSA) is 84.9 Å². The number of hydrogen-bond donors (Lipinski definition) is 1. The van der Waals surface area contributed by atoms with Crippen LogP contribution in [0.25, 0.3) is 0 Å². The molecule has 8 heteroatoms. The van der Waals surface area contributed by atoms with Crippen molar-refractivity contribution in [2.45, 2.75) is 44.6 Å². The summed E-state index contributed by atoms with van der Waals surface area (Å²) >= 11 is 0. The second-order valence-corrected chi connectivity index (χ2v) is 10.3. The maximum Gasteiger partial charge on any atom is 0.252 e. The first-order valence-corrected chi connectivity index (χ1v) is 12.2. The van der Waals surface area contributed by atoms with Crippen LogP contribution in [-0.2, 0) is 10.0 Å². The number of nitrogens with zero attached hydrogens (tertiary/aromatic N) is 1. The van der Waals surface area contributed by atoms with E-state index < -0.39 is 10.0 Å². The number of ether oxygens (including phenoxy) is 2. The molecule has 0 unspecified atom stereocenters. The van der Waals surface area contributed by atoms with Crippen molar-refractivity contribution in [3.63, 3.8) is 0 Å². The predicted octanol–water partition coefficient (Wildman–Crippen LogP) is 3.92. The van der Waals surface area contributed by atoms with Crippen molar-refractivity contribution in [2.75, 3.05) is 27.3 Å². The molecule has 1 fully saturated rings. The Morgan fingerprint density at radius 1 is 1.09 bits per heavy atom. The minimum absolute atomic E-state index is 0.148. The standard InChI is InChI=1S/C24H32N2O5S/c1-16-10-12-26(13-11-16)32(28,29)20-8-6-17(2)21(15-20)24(27)25-18(3)22-14-19(30-4)7-9-23(22)31-5/h6-9,14-16,18H,10-13H2,1-5H3,(H,25,27)/t18-/m0/s1. The zero-order chi connectivity index (χ0) is 23.5. The molecule has 1 aliphatic rings. The normalized spacial score (nSPS) is 16.4. The van der Waals surface area contributed by atoms with E-state index in [9.17, 15) is 13.2 Å². The number of carbonyl (C=O) groups excluding carboxylic acids is 1. The van der Waals surface area contributed by atoms with Gasteiger partial charge in [0.15, 0.2) is 0 Å².